The summed E-state index contributed by atoms with van der Waals surface area (Å²) < 4.78 is 16.3. The molecule has 0 aliphatic carbocycles. The Kier molecular flexibility index (Phi) is 13.9. The fourth-order valence-corrected chi connectivity index (χ4v) is 2.80. The Labute approximate surface area is 197 Å². The van der Waals surface area contributed by atoms with Crippen molar-refractivity contribution in [3.8, 4) is 5.75 Å². The lowest BCUT2D eigenvalue weighted by Gasteiger charge is -2.19. The van der Waals surface area contributed by atoms with Gasteiger partial charge in [0.1, 0.15) is 5.75 Å². The fraction of sp³-hybridized carbons (Fsp3) is 0.435. The molecule has 0 saturated heterocycles. The summed E-state index contributed by atoms with van der Waals surface area (Å²) in [5.41, 5.74) is 2.25. The number of guanidine groups is 1. The maximum absolute atomic E-state index is 5.65. The summed E-state index contributed by atoms with van der Waals surface area (Å²) in [6.07, 6.45) is 0.872. The third-order valence-electron chi connectivity index (χ3n) is 4.45. The molecule has 2 rings (SSSR count). The van der Waals surface area contributed by atoms with Crippen LogP contribution in [0.15, 0.2) is 59.6 Å². The molecule has 0 aliphatic heterocycles. The number of methoxy groups -OCH3 is 2. The molecule has 0 amide bonds. The SMILES string of the molecule is CCOCCCNC(=NCc1ccc(OC)cc1)NCC(OC)c1ccccc1.I. The molecule has 0 aromatic heterocycles. The molecule has 0 heterocycles. The van der Waals surface area contributed by atoms with Gasteiger partial charge in [-0.15, -0.1) is 24.0 Å². The van der Waals surface area contributed by atoms with Gasteiger partial charge in [0, 0.05) is 33.4 Å². The van der Waals surface area contributed by atoms with E-state index in [1.54, 1.807) is 14.2 Å². The summed E-state index contributed by atoms with van der Waals surface area (Å²) in [6.45, 7) is 5.47. The van der Waals surface area contributed by atoms with E-state index < -0.39 is 0 Å². The number of benzene rings is 2. The van der Waals surface area contributed by atoms with Crippen molar-refractivity contribution in [2.75, 3.05) is 40.5 Å². The van der Waals surface area contributed by atoms with E-state index >= 15 is 0 Å². The highest BCUT2D eigenvalue weighted by Gasteiger charge is 2.11. The van der Waals surface area contributed by atoms with Crippen LogP contribution in [0.1, 0.15) is 30.6 Å². The van der Waals surface area contributed by atoms with Gasteiger partial charge in [-0.2, -0.15) is 0 Å². The second kappa shape index (κ2) is 15.9. The van der Waals surface area contributed by atoms with Gasteiger partial charge in [0.2, 0.25) is 0 Å². The molecule has 0 radical (unpaired) electrons. The molecule has 30 heavy (non-hydrogen) atoms. The van der Waals surface area contributed by atoms with Crippen molar-refractivity contribution in [3.63, 3.8) is 0 Å². The molecule has 2 aromatic carbocycles. The predicted octanol–water partition coefficient (Wildman–Crippen LogP) is 4.16. The molecule has 166 valence electrons. The molecule has 2 aromatic rings. The van der Waals surface area contributed by atoms with Crippen LogP contribution in [0.4, 0.5) is 0 Å². The highest BCUT2D eigenvalue weighted by Crippen LogP contribution is 2.15. The van der Waals surface area contributed by atoms with Gasteiger partial charge in [-0.1, -0.05) is 42.5 Å². The van der Waals surface area contributed by atoms with Crippen molar-refractivity contribution in [2.24, 2.45) is 4.99 Å². The largest absolute Gasteiger partial charge is 0.497 e. The topological polar surface area (TPSA) is 64.1 Å². The van der Waals surface area contributed by atoms with Gasteiger partial charge in [0.25, 0.3) is 0 Å². The second-order valence-electron chi connectivity index (χ2n) is 6.51. The number of rotatable bonds is 12. The van der Waals surface area contributed by atoms with Crippen LogP contribution in [0.3, 0.4) is 0 Å². The van der Waals surface area contributed by atoms with E-state index in [1.165, 1.54) is 0 Å². The maximum Gasteiger partial charge on any atom is 0.191 e. The molecular weight excluding hydrogens is 493 g/mol. The first-order valence-electron chi connectivity index (χ1n) is 10.1. The number of nitrogens with zero attached hydrogens (tertiary/aromatic N) is 1. The summed E-state index contributed by atoms with van der Waals surface area (Å²) in [6, 6.07) is 18.1. The second-order valence-corrected chi connectivity index (χ2v) is 6.51. The summed E-state index contributed by atoms with van der Waals surface area (Å²) in [7, 11) is 3.39. The molecule has 0 saturated carbocycles. The summed E-state index contributed by atoms with van der Waals surface area (Å²) in [5, 5.41) is 6.78. The van der Waals surface area contributed by atoms with E-state index in [9.17, 15) is 0 Å². The Morgan fingerprint density at radius 1 is 1.00 bits per heavy atom. The summed E-state index contributed by atoms with van der Waals surface area (Å²) >= 11 is 0. The minimum Gasteiger partial charge on any atom is -0.497 e. The maximum atomic E-state index is 5.65. The lowest BCUT2D eigenvalue weighted by Crippen LogP contribution is -2.40. The van der Waals surface area contributed by atoms with E-state index in [-0.39, 0.29) is 30.1 Å². The average molecular weight is 527 g/mol. The van der Waals surface area contributed by atoms with E-state index in [4.69, 9.17) is 19.2 Å². The van der Waals surface area contributed by atoms with Crippen molar-refractivity contribution < 1.29 is 14.2 Å². The van der Waals surface area contributed by atoms with Crippen molar-refractivity contribution in [2.45, 2.75) is 26.0 Å². The zero-order chi connectivity index (χ0) is 20.7. The molecule has 2 N–H and O–H groups in total. The van der Waals surface area contributed by atoms with Gasteiger partial charge in [-0.3, -0.25) is 0 Å². The van der Waals surface area contributed by atoms with E-state index in [1.807, 2.05) is 49.4 Å². The van der Waals surface area contributed by atoms with Crippen molar-refractivity contribution in [1.82, 2.24) is 10.6 Å². The third-order valence-corrected chi connectivity index (χ3v) is 4.45. The highest BCUT2D eigenvalue weighted by atomic mass is 127. The minimum absolute atomic E-state index is 0. The standard InChI is InChI=1S/C23H33N3O3.HI/c1-4-29-16-8-15-24-23(25-17-19-11-13-21(27-2)14-12-19)26-18-22(28-3)20-9-6-5-7-10-20;/h5-7,9-14,22H,4,8,15-18H2,1-3H3,(H2,24,25,26);1H. The fourth-order valence-electron chi connectivity index (χ4n) is 2.80. The zero-order valence-corrected chi connectivity index (χ0v) is 20.4. The Morgan fingerprint density at radius 3 is 2.37 bits per heavy atom. The Bertz CT molecular complexity index is 711. The van der Waals surface area contributed by atoms with Gasteiger partial charge < -0.3 is 24.8 Å². The number of hydrogen-bond acceptors (Lipinski definition) is 4. The van der Waals surface area contributed by atoms with Gasteiger partial charge in [-0.25, -0.2) is 4.99 Å². The number of ether oxygens (including phenoxy) is 3. The zero-order valence-electron chi connectivity index (χ0n) is 18.1. The molecule has 0 spiro atoms. The van der Waals surface area contributed by atoms with Gasteiger partial charge >= 0.3 is 0 Å². The third kappa shape index (κ3) is 9.77. The first-order valence-corrected chi connectivity index (χ1v) is 10.1. The van der Waals surface area contributed by atoms with Crippen LogP contribution in [0.25, 0.3) is 0 Å². The van der Waals surface area contributed by atoms with Crippen LogP contribution in [0.2, 0.25) is 0 Å². The van der Waals surface area contributed by atoms with E-state index in [2.05, 4.69) is 22.8 Å². The van der Waals surface area contributed by atoms with Crippen molar-refractivity contribution in [1.29, 1.82) is 0 Å². The quantitative estimate of drug-likeness (QED) is 0.188. The normalized spacial score (nSPS) is 12.0. The van der Waals surface area contributed by atoms with Gasteiger partial charge in [-0.05, 0) is 36.6 Å². The summed E-state index contributed by atoms with van der Waals surface area (Å²) in [5.74, 6) is 1.60. The Balaban J connectivity index is 0.00000450. The van der Waals surface area contributed by atoms with Crippen LogP contribution in [-0.4, -0.2) is 46.5 Å². The lowest BCUT2D eigenvalue weighted by atomic mass is 10.1. The predicted molar refractivity (Wildman–Crippen MR) is 133 cm³/mol. The first-order chi connectivity index (χ1) is 14.3. The minimum atomic E-state index is -0.0485. The van der Waals surface area contributed by atoms with Gasteiger partial charge in [0.05, 0.1) is 19.8 Å². The number of halogens is 1. The van der Waals surface area contributed by atoms with Crippen LogP contribution < -0.4 is 15.4 Å². The lowest BCUT2D eigenvalue weighted by molar-refractivity contribution is 0.106. The van der Waals surface area contributed by atoms with Crippen LogP contribution in [0.5, 0.6) is 5.75 Å². The number of aliphatic imine (C=N–C) groups is 1. The molecule has 1 unspecified atom stereocenters. The highest BCUT2D eigenvalue weighted by molar-refractivity contribution is 14.0. The van der Waals surface area contributed by atoms with Crippen LogP contribution in [-0.2, 0) is 16.0 Å². The molecule has 6 nitrogen and oxygen atoms in total. The van der Waals surface area contributed by atoms with Crippen LogP contribution in [0, 0.1) is 0 Å². The first kappa shape index (κ1) is 26.2. The van der Waals surface area contributed by atoms with Crippen molar-refractivity contribution >= 4 is 29.9 Å². The summed E-state index contributed by atoms with van der Waals surface area (Å²) in [4.78, 5) is 4.72. The van der Waals surface area contributed by atoms with Crippen molar-refractivity contribution in [3.05, 3.63) is 65.7 Å². The number of hydrogen-bond donors (Lipinski definition) is 2. The van der Waals surface area contributed by atoms with E-state index in [0.717, 1.165) is 49.0 Å². The monoisotopic (exact) mass is 527 g/mol. The molecule has 0 fully saturated rings. The number of nitrogens with one attached hydrogen (secondary N) is 2. The van der Waals surface area contributed by atoms with E-state index in [0.29, 0.717) is 13.1 Å². The molecule has 0 bridgehead atoms. The average Bonchev–Trinajstić information content (AvgIpc) is 2.78. The molecular formula is C23H34IN3O3. The molecule has 7 heteroatoms. The molecule has 1 atom stereocenters. The smallest absolute Gasteiger partial charge is 0.191 e. The van der Waals surface area contributed by atoms with Crippen LogP contribution >= 0.6 is 24.0 Å². The molecule has 0 aliphatic rings. The Morgan fingerprint density at radius 2 is 1.73 bits per heavy atom. The van der Waals surface area contributed by atoms with Gasteiger partial charge in [0.15, 0.2) is 5.96 Å². The Hall–Kier alpha value is -1.84.